The Morgan fingerprint density at radius 1 is 0.297 bits per heavy atom. The summed E-state index contributed by atoms with van der Waals surface area (Å²) in [5.74, 6) is -0.511. The van der Waals surface area contributed by atoms with Crippen molar-refractivity contribution in [2.45, 2.75) is 287 Å². The molecule has 0 aliphatic carbocycles. The number of aromatic hydroxyl groups is 2. The van der Waals surface area contributed by atoms with Gasteiger partial charge in [0.2, 0.25) is 0 Å². The van der Waals surface area contributed by atoms with Crippen LogP contribution in [0.1, 0.15) is 307 Å². The average molecular weight is 1070 g/mol. The molecule has 2 rings (SSSR count). The maximum absolute atomic E-state index is 13.5. The van der Waals surface area contributed by atoms with E-state index < -0.39 is 13.7 Å². The molecule has 0 spiro atoms. The van der Waals surface area contributed by atoms with E-state index in [0.29, 0.717) is 11.1 Å². The van der Waals surface area contributed by atoms with Crippen LogP contribution in [0.5, 0.6) is 11.5 Å². The van der Waals surface area contributed by atoms with Crippen molar-refractivity contribution in [2.24, 2.45) is 0 Å². The molecule has 2 aromatic carbocycles. The van der Waals surface area contributed by atoms with Crippen LogP contribution in [-0.4, -0.2) is 71.4 Å². The van der Waals surface area contributed by atoms with Gasteiger partial charge in [-0.1, -0.05) is 26.7 Å². The van der Waals surface area contributed by atoms with Crippen molar-refractivity contribution in [2.75, 3.05) is 49.3 Å². The molecule has 74 heavy (non-hydrogen) atoms. The summed E-state index contributed by atoms with van der Waals surface area (Å²) in [4.78, 5) is 27.1. The summed E-state index contributed by atoms with van der Waals surface area (Å²) < 4.78 is 13.7. The molecule has 0 aliphatic rings. The molecule has 0 aliphatic heterocycles. The van der Waals surface area contributed by atoms with E-state index in [1.807, 2.05) is 12.1 Å². The molecule has 0 atom stereocenters. The van der Waals surface area contributed by atoms with E-state index in [0.717, 1.165) is 126 Å². The number of phenolic OH excluding ortho intramolecular Hbond substituents is 2. The first-order chi connectivity index (χ1) is 35.9. The molecular weight excluding hydrogens is 951 g/mol. The van der Waals surface area contributed by atoms with E-state index in [2.05, 4.69) is 55.4 Å². The summed E-state index contributed by atoms with van der Waals surface area (Å²) in [6, 6.07) is 13.8. The van der Waals surface area contributed by atoms with Gasteiger partial charge in [-0.05, 0) is 0 Å². The normalized spacial score (nSPS) is 12.8. The fourth-order valence-corrected chi connectivity index (χ4v) is 24.9. The van der Waals surface area contributed by atoms with Gasteiger partial charge in [0, 0.05) is 0 Å². The second-order valence-corrected chi connectivity index (χ2v) is 34.6. The number of unbranched alkanes of at least 4 members (excludes halogenated alkanes) is 28. The number of hydrogen-bond donors (Lipinski definition) is 2. The molecule has 0 saturated carbocycles. The molecule has 0 saturated heterocycles. The topological polar surface area (TPSA) is 93.1 Å². The second kappa shape index (κ2) is 42.8. The van der Waals surface area contributed by atoms with Gasteiger partial charge < -0.3 is 0 Å². The molecule has 8 heteroatoms. The van der Waals surface area contributed by atoms with E-state index in [4.69, 9.17) is 9.05 Å². The first-order valence-electron chi connectivity index (χ1n) is 32.0. The van der Waals surface area contributed by atoms with Gasteiger partial charge in [0.05, 0.1) is 0 Å². The Labute approximate surface area is 459 Å². The zero-order valence-electron chi connectivity index (χ0n) is 50.2. The number of phenols is 2. The van der Waals surface area contributed by atoms with E-state index in [1.54, 1.807) is 36.4 Å². The molecule has 0 unspecified atom stereocenters. The molecular formula is C66H122O6P2. The van der Waals surface area contributed by atoms with Gasteiger partial charge in [0.15, 0.2) is 0 Å². The van der Waals surface area contributed by atoms with Crippen LogP contribution in [0.25, 0.3) is 0 Å². The maximum atomic E-state index is 13.5. The van der Waals surface area contributed by atoms with E-state index in [9.17, 15) is 19.8 Å². The van der Waals surface area contributed by atoms with Crippen LogP contribution in [0.3, 0.4) is 0 Å². The van der Waals surface area contributed by atoms with Crippen molar-refractivity contribution in [1.29, 1.82) is 0 Å². The molecule has 0 heterocycles. The predicted octanol–water partition coefficient (Wildman–Crippen LogP) is 22.2. The van der Waals surface area contributed by atoms with E-state index >= 15 is 0 Å². The fourth-order valence-electron chi connectivity index (χ4n) is 11.6. The minimum atomic E-state index is -2.74. The monoisotopic (exact) mass is 1070 g/mol. The summed E-state index contributed by atoms with van der Waals surface area (Å²) in [5, 5.41) is 20.8. The third kappa shape index (κ3) is 28.5. The van der Waals surface area contributed by atoms with Crippen LogP contribution in [0.15, 0.2) is 48.5 Å². The van der Waals surface area contributed by atoms with Gasteiger partial charge in [0.25, 0.3) is 0 Å². The number of carbonyl (C=O) groups is 2. The van der Waals surface area contributed by atoms with Gasteiger partial charge >= 0.3 is 435 Å². The number of para-hydroxylation sites is 2. The van der Waals surface area contributed by atoms with E-state index in [1.165, 1.54) is 154 Å². The molecule has 6 nitrogen and oxygen atoms in total. The quantitative estimate of drug-likeness (QED) is 0.0507. The molecule has 0 radical (unpaired) electrons. The summed E-state index contributed by atoms with van der Waals surface area (Å²) in [6.45, 7) is 12.6. The van der Waals surface area contributed by atoms with Gasteiger partial charge in [0.1, 0.15) is 0 Å². The van der Waals surface area contributed by atoms with Crippen molar-refractivity contribution in [3.8, 4) is 11.5 Å². The van der Waals surface area contributed by atoms with Crippen LogP contribution in [0, 0.1) is 0 Å². The average Bonchev–Trinajstić information content (AvgIpc) is 3.41. The Morgan fingerprint density at radius 3 is 0.703 bits per heavy atom. The van der Waals surface area contributed by atoms with Crippen molar-refractivity contribution >= 4 is 25.6 Å². The van der Waals surface area contributed by atoms with Gasteiger partial charge in [-0.15, -0.1) is 0 Å². The Balaban J connectivity index is 0.000000740. The van der Waals surface area contributed by atoms with Gasteiger partial charge in [-0.25, -0.2) is 0 Å². The first kappa shape index (κ1) is 69.9. The van der Waals surface area contributed by atoms with Crippen molar-refractivity contribution < 1.29 is 28.8 Å². The molecule has 0 aromatic heterocycles. The van der Waals surface area contributed by atoms with E-state index in [-0.39, 0.29) is 23.4 Å². The van der Waals surface area contributed by atoms with Crippen LogP contribution < -0.4 is 0 Å². The molecule has 432 valence electrons. The Hall–Kier alpha value is -2.16. The first-order valence-corrected chi connectivity index (χ1v) is 37.8. The van der Waals surface area contributed by atoms with Crippen molar-refractivity contribution in [1.82, 2.24) is 0 Å². The second-order valence-electron chi connectivity index (χ2n) is 23.2. The molecule has 2 N–H and O–H groups in total. The summed E-state index contributed by atoms with van der Waals surface area (Å²) in [6.07, 6.45) is 54.2. The number of rotatable bonds is 48. The zero-order valence-corrected chi connectivity index (χ0v) is 51.9. The summed E-state index contributed by atoms with van der Waals surface area (Å²) in [5.41, 5.74) is 0.659. The van der Waals surface area contributed by atoms with Crippen molar-refractivity contribution in [3.05, 3.63) is 59.7 Å². The SMILES string of the molecule is CCCCCCCCCCCCCCP(CCCC)(CCCC)(CCCC)OC(=O)c1ccccc1O.CCCCCCCCCCCCCCP(CCCC)(CCCC)(CCCC)OC(=O)c1ccccc1O. The van der Waals surface area contributed by atoms with Crippen LogP contribution >= 0.6 is 13.7 Å². The summed E-state index contributed by atoms with van der Waals surface area (Å²) >= 11 is 0. The fraction of sp³-hybridized carbons (Fsp3) is 0.788. The number of benzene rings is 2. The Kier molecular flexibility index (Phi) is 40.4. The zero-order chi connectivity index (χ0) is 54.5. The molecule has 2 aromatic rings. The molecule has 0 amide bonds. The predicted molar refractivity (Wildman–Crippen MR) is 331 cm³/mol. The van der Waals surface area contributed by atoms with Crippen LogP contribution in [-0.2, 0) is 9.05 Å². The Morgan fingerprint density at radius 2 is 0.486 bits per heavy atom. The third-order valence-electron chi connectivity index (χ3n) is 16.5. The molecule has 0 fully saturated rings. The van der Waals surface area contributed by atoms with Crippen LogP contribution in [0.4, 0.5) is 0 Å². The van der Waals surface area contributed by atoms with Crippen molar-refractivity contribution in [3.63, 3.8) is 0 Å². The minimum absolute atomic E-state index is 0.0379. The number of carbonyl (C=O) groups excluding carboxylic acids is 2. The van der Waals surface area contributed by atoms with Gasteiger partial charge in [-0.2, -0.15) is 0 Å². The summed E-state index contributed by atoms with van der Waals surface area (Å²) in [7, 11) is 0. The standard InChI is InChI=1S/2C33H61O3P/c2*1-5-9-13-14-15-16-17-18-19-20-21-24-30-37(27-10-6-2,28-11-7-3,29-12-8-4)36-33(35)31-25-22-23-26-32(31)34/h2*22-23,25-26,34H,5-21,24,27-30H2,1-4H3. The Bertz CT molecular complexity index is 1510. The molecule has 0 bridgehead atoms. The third-order valence-corrected chi connectivity index (χ3v) is 29.5. The van der Waals surface area contributed by atoms with Crippen LogP contribution in [0.2, 0.25) is 0 Å². The number of hydrogen-bond acceptors (Lipinski definition) is 6. The van der Waals surface area contributed by atoms with Gasteiger partial charge in [-0.3, -0.25) is 0 Å².